The fraction of sp³-hybridized carbons (Fsp3) is 0.300. The first-order valence-corrected chi connectivity index (χ1v) is 8.39. The number of amides is 2. The first-order chi connectivity index (χ1) is 11.7. The molecule has 2 amide bonds. The number of nitrogens with one attached hydrogen (secondary N) is 2. The van der Waals surface area contributed by atoms with Crippen LogP contribution >= 0.6 is 0 Å². The van der Waals surface area contributed by atoms with Crippen LogP contribution in [0.25, 0.3) is 0 Å². The summed E-state index contributed by atoms with van der Waals surface area (Å²) in [5.41, 5.74) is 7.39. The molecule has 126 valence electrons. The van der Waals surface area contributed by atoms with Crippen molar-refractivity contribution >= 4 is 11.8 Å². The van der Waals surface area contributed by atoms with E-state index in [9.17, 15) is 9.59 Å². The lowest BCUT2D eigenvalue weighted by atomic mass is 10.1. The lowest BCUT2D eigenvalue weighted by molar-refractivity contribution is -0.129. The highest BCUT2D eigenvalue weighted by Gasteiger charge is 2.05. The molecule has 0 atom stereocenters. The standard InChI is InChI=1S/C20H24N2O2/c23-19(15-7-13-17-9-3-1-4-10-17)21-22-20(24)16-8-14-18-11-5-2-6-12-18/h1-6,9-12H,7-8,13-16H2,(H,21,23)(H,22,24). The van der Waals surface area contributed by atoms with Crippen LogP contribution < -0.4 is 10.9 Å². The topological polar surface area (TPSA) is 58.2 Å². The molecule has 0 spiro atoms. The van der Waals surface area contributed by atoms with Gasteiger partial charge >= 0.3 is 0 Å². The molecule has 0 bridgehead atoms. The van der Waals surface area contributed by atoms with E-state index >= 15 is 0 Å². The Morgan fingerprint density at radius 1 is 0.625 bits per heavy atom. The maximum atomic E-state index is 11.7. The lowest BCUT2D eigenvalue weighted by Crippen LogP contribution is -2.41. The van der Waals surface area contributed by atoms with Gasteiger partial charge in [-0.15, -0.1) is 0 Å². The summed E-state index contributed by atoms with van der Waals surface area (Å²) in [5, 5.41) is 0. The molecule has 0 saturated heterocycles. The molecule has 0 unspecified atom stereocenters. The number of hydrogen-bond acceptors (Lipinski definition) is 2. The first kappa shape index (κ1) is 17.7. The van der Waals surface area contributed by atoms with Gasteiger partial charge in [0.15, 0.2) is 0 Å². The van der Waals surface area contributed by atoms with Gasteiger partial charge in [-0.05, 0) is 36.8 Å². The minimum absolute atomic E-state index is 0.151. The van der Waals surface area contributed by atoms with Gasteiger partial charge in [-0.1, -0.05) is 60.7 Å². The molecule has 0 radical (unpaired) electrons. The zero-order valence-corrected chi connectivity index (χ0v) is 13.8. The van der Waals surface area contributed by atoms with Crippen molar-refractivity contribution < 1.29 is 9.59 Å². The Morgan fingerprint density at radius 3 is 1.38 bits per heavy atom. The Bertz CT molecular complexity index is 569. The van der Waals surface area contributed by atoms with E-state index in [1.54, 1.807) is 0 Å². The van der Waals surface area contributed by atoms with E-state index in [-0.39, 0.29) is 11.8 Å². The Balaban J connectivity index is 1.53. The first-order valence-electron chi connectivity index (χ1n) is 8.39. The van der Waals surface area contributed by atoms with Gasteiger partial charge in [0.05, 0.1) is 0 Å². The Hall–Kier alpha value is -2.62. The van der Waals surface area contributed by atoms with Crippen LogP contribution in [0.4, 0.5) is 0 Å². The van der Waals surface area contributed by atoms with E-state index in [1.807, 2.05) is 60.7 Å². The van der Waals surface area contributed by atoms with Crippen LogP contribution in [0.15, 0.2) is 60.7 Å². The lowest BCUT2D eigenvalue weighted by Gasteiger charge is -2.07. The largest absolute Gasteiger partial charge is 0.273 e. The summed E-state index contributed by atoms with van der Waals surface area (Å²) in [6.07, 6.45) is 4.05. The van der Waals surface area contributed by atoms with Crippen LogP contribution in [0.2, 0.25) is 0 Å². The Labute approximate surface area is 143 Å². The Morgan fingerprint density at radius 2 is 1.00 bits per heavy atom. The van der Waals surface area contributed by atoms with Crippen molar-refractivity contribution in [3.8, 4) is 0 Å². The monoisotopic (exact) mass is 324 g/mol. The number of carbonyl (C=O) groups is 2. The zero-order valence-electron chi connectivity index (χ0n) is 13.8. The molecule has 2 rings (SSSR count). The third-order valence-corrected chi connectivity index (χ3v) is 3.77. The van der Waals surface area contributed by atoms with Crippen molar-refractivity contribution in [2.24, 2.45) is 0 Å². The third-order valence-electron chi connectivity index (χ3n) is 3.77. The van der Waals surface area contributed by atoms with Gasteiger partial charge in [0.1, 0.15) is 0 Å². The molecule has 0 saturated carbocycles. The van der Waals surface area contributed by atoms with E-state index in [0.717, 1.165) is 25.7 Å². The normalized spacial score (nSPS) is 10.2. The van der Waals surface area contributed by atoms with Gasteiger partial charge in [0, 0.05) is 12.8 Å². The van der Waals surface area contributed by atoms with Crippen molar-refractivity contribution in [2.45, 2.75) is 38.5 Å². The fourth-order valence-corrected chi connectivity index (χ4v) is 2.46. The van der Waals surface area contributed by atoms with Crippen LogP contribution in [-0.2, 0) is 22.4 Å². The van der Waals surface area contributed by atoms with Crippen molar-refractivity contribution in [3.63, 3.8) is 0 Å². The highest BCUT2D eigenvalue weighted by Crippen LogP contribution is 2.05. The maximum absolute atomic E-state index is 11.7. The summed E-state index contributed by atoms with van der Waals surface area (Å²) in [4.78, 5) is 23.4. The molecule has 0 heterocycles. The third kappa shape index (κ3) is 7.09. The fourth-order valence-electron chi connectivity index (χ4n) is 2.46. The molecule has 4 heteroatoms. The van der Waals surface area contributed by atoms with Gasteiger partial charge in [-0.3, -0.25) is 20.4 Å². The van der Waals surface area contributed by atoms with E-state index in [1.165, 1.54) is 11.1 Å². The minimum Gasteiger partial charge on any atom is -0.273 e. The molecule has 24 heavy (non-hydrogen) atoms. The zero-order chi connectivity index (χ0) is 17.0. The summed E-state index contributed by atoms with van der Waals surface area (Å²) in [6.45, 7) is 0. The maximum Gasteiger partial charge on any atom is 0.238 e. The molecule has 2 aromatic carbocycles. The molecule has 0 fully saturated rings. The predicted molar refractivity (Wildman–Crippen MR) is 95.0 cm³/mol. The van der Waals surface area contributed by atoms with Gasteiger partial charge in [-0.25, -0.2) is 0 Å². The summed E-state index contributed by atoms with van der Waals surface area (Å²) in [6, 6.07) is 20.1. The number of carbonyl (C=O) groups excluding carboxylic acids is 2. The second-order valence-corrected chi connectivity index (χ2v) is 5.77. The van der Waals surface area contributed by atoms with Crippen molar-refractivity contribution in [1.82, 2.24) is 10.9 Å². The molecule has 0 aromatic heterocycles. The molecule has 4 nitrogen and oxygen atoms in total. The smallest absolute Gasteiger partial charge is 0.238 e. The number of hydrogen-bond donors (Lipinski definition) is 2. The number of hydrazine groups is 1. The summed E-state index contributed by atoms with van der Waals surface area (Å²) in [7, 11) is 0. The quantitative estimate of drug-likeness (QED) is 0.733. The highest BCUT2D eigenvalue weighted by molar-refractivity contribution is 5.81. The average molecular weight is 324 g/mol. The van der Waals surface area contributed by atoms with Crippen molar-refractivity contribution in [1.29, 1.82) is 0 Å². The minimum atomic E-state index is -0.151. The molecule has 0 aliphatic carbocycles. The number of aryl methyl sites for hydroxylation is 2. The van der Waals surface area contributed by atoms with E-state index in [0.29, 0.717) is 12.8 Å². The second-order valence-electron chi connectivity index (χ2n) is 5.77. The van der Waals surface area contributed by atoms with Crippen molar-refractivity contribution in [2.75, 3.05) is 0 Å². The Kier molecular flexibility index (Phi) is 7.54. The summed E-state index contributed by atoms with van der Waals surface area (Å²) >= 11 is 0. The number of rotatable bonds is 8. The second kappa shape index (κ2) is 10.2. The number of benzene rings is 2. The predicted octanol–water partition coefficient (Wildman–Crippen LogP) is 3.18. The van der Waals surface area contributed by atoms with E-state index in [4.69, 9.17) is 0 Å². The van der Waals surface area contributed by atoms with Crippen molar-refractivity contribution in [3.05, 3.63) is 71.8 Å². The van der Waals surface area contributed by atoms with Gasteiger partial charge in [0.25, 0.3) is 0 Å². The summed E-state index contributed by atoms with van der Waals surface area (Å²) < 4.78 is 0. The van der Waals surface area contributed by atoms with Crippen LogP contribution in [0, 0.1) is 0 Å². The van der Waals surface area contributed by atoms with Crippen LogP contribution in [0.5, 0.6) is 0 Å². The average Bonchev–Trinajstić information content (AvgIpc) is 2.62. The molecular formula is C20H24N2O2. The molecular weight excluding hydrogens is 300 g/mol. The van der Waals surface area contributed by atoms with E-state index < -0.39 is 0 Å². The molecule has 0 aliphatic heterocycles. The highest BCUT2D eigenvalue weighted by atomic mass is 16.2. The molecule has 2 N–H and O–H groups in total. The van der Waals surface area contributed by atoms with Gasteiger partial charge in [-0.2, -0.15) is 0 Å². The van der Waals surface area contributed by atoms with Gasteiger partial charge < -0.3 is 0 Å². The van der Waals surface area contributed by atoms with Gasteiger partial charge in [0.2, 0.25) is 11.8 Å². The summed E-state index contributed by atoms with van der Waals surface area (Å²) in [5.74, 6) is -0.301. The SMILES string of the molecule is O=C(CCCc1ccccc1)NNC(=O)CCCc1ccccc1. The molecule has 2 aromatic rings. The van der Waals surface area contributed by atoms with Crippen LogP contribution in [-0.4, -0.2) is 11.8 Å². The van der Waals surface area contributed by atoms with Crippen LogP contribution in [0.1, 0.15) is 36.8 Å². The molecule has 0 aliphatic rings. The van der Waals surface area contributed by atoms with E-state index in [2.05, 4.69) is 10.9 Å². The van der Waals surface area contributed by atoms with Crippen LogP contribution in [0.3, 0.4) is 0 Å².